The van der Waals surface area contributed by atoms with E-state index in [9.17, 15) is 19.2 Å². The summed E-state index contributed by atoms with van der Waals surface area (Å²) in [5.74, 6) is 0. The minimum absolute atomic E-state index is 0.0987. The second kappa shape index (κ2) is 2.03. The number of benzene rings is 2. The molecule has 1 aromatic heterocycles. The fraction of sp³-hybridized carbons (Fsp3) is 0. The molecule has 1 N–H and O–H groups in total. The van der Waals surface area contributed by atoms with Gasteiger partial charge in [-0.25, -0.2) is 0 Å². The molecule has 0 saturated heterocycles. The highest BCUT2D eigenvalue weighted by Gasteiger charge is 2.37. The number of H-pyrrole nitrogens is 1. The third kappa shape index (κ3) is 0.637. The monoisotopic (exact) mass is 271 g/mol. The van der Waals surface area contributed by atoms with Gasteiger partial charge in [0.1, 0.15) is 0 Å². The molecule has 0 spiro atoms. The van der Waals surface area contributed by atoms with Crippen LogP contribution in [0, 0.1) is 0 Å². The van der Waals surface area contributed by atoms with E-state index in [-0.39, 0.29) is 21.7 Å². The first kappa shape index (κ1) is 8.97. The third-order valence-corrected chi connectivity index (χ3v) is 5.07. The Labute approximate surface area is 111 Å². The highest BCUT2D eigenvalue weighted by atomic mass is 16.1. The van der Waals surface area contributed by atoms with Crippen molar-refractivity contribution in [1.29, 1.82) is 0 Å². The quantitative estimate of drug-likeness (QED) is 0.443. The molecule has 5 nitrogen and oxygen atoms in total. The Kier molecular flexibility index (Phi) is 0.868. The van der Waals surface area contributed by atoms with Crippen molar-refractivity contribution in [2.24, 2.45) is 0 Å². The van der Waals surface area contributed by atoms with Crippen LogP contribution in [0.25, 0.3) is 64.9 Å². The zero-order valence-corrected chi connectivity index (χ0v) is 10.1. The Morgan fingerprint density at radius 1 is 0.381 bits per heavy atom. The van der Waals surface area contributed by atoms with Crippen LogP contribution in [-0.4, -0.2) is 4.98 Å². The zero-order chi connectivity index (χ0) is 13.9. The average Bonchev–Trinajstić information content (AvgIpc) is 3.41. The fourth-order valence-corrected chi connectivity index (χ4v) is 3.96. The molecule has 0 aliphatic carbocycles. The first-order chi connectivity index (χ1) is 10.1. The van der Waals surface area contributed by atoms with Crippen LogP contribution >= 0.6 is 0 Å². The highest BCUT2D eigenvalue weighted by Crippen LogP contribution is 2.47. The maximum absolute atomic E-state index is 12.0. The average molecular weight is 271 g/mol. The van der Waals surface area contributed by atoms with E-state index in [1.165, 1.54) is 0 Å². The Bertz CT molecular complexity index is 1570. The first-order valence-electron chi connectivity index (χ1n) is 6.57. The van der Waals surface area contributed by atoms with Gasteiger partial charge in [0.15, 0.2) is 21.7 Å². The third-order valence-electron chi connectivity index (χ3n) is 5.07. The number of aromatic nitrogens is 1. The van der Waals surface area contributed by atoms with Gasteiger partial charge in [-0.3, -0.25) is 19.2 Å². The summed E-state index contributed by atoms with van der Waals surface area (Å²) in [4.78, 5) is 50.7. The summed E-state index contributed by atoms with van der Waals surface area (Å²) in [5.41, 5.74) is 0.822. The second-order valence-corrected chi connectivity index (χ2v) is 5.94. The molecule has 0 aliphatic rings. The lowest BCUT2D eigenvalue weighted by Gasteiger charge is -1.83. The van der Waals surface area contributed by atoms with Crippen LogP contribution in [0.4, 0.5) is 0 Å². The van der Waals surface area contributed by atoms with Crippen LogP contribution in [0.15, 0.2) is 19.2 Å². The van der Waals surface area contributed by atoms with Crippen molar-refractivity contribution in [3.63, 3.8) is 0 Å². The lowest BCUT2D eigenvalue weighted by atomic mass is 10.1. The first-order valence-corrected chi connectivity index (χ1v) is 6.57. The largest absolute Gasteiger partial charge is 0.353 e. The smallest absolute Gasteiger partial charge is 0.197 e. The topological polar surface area (TPSA) is 84.1 Å². The lowest BCUT2D eigenvalue weighted by molar-refractivity contribution is 1.60. The number of hydrogen-bond donors (Lipinski definition) is 1. The van der Waals surface area contributed by atoms with Gasteiger partial charge in [-0.05, 0) is 0 Å². The molecule has 7 aromatic rings. The summed E-state index contributed by atoms with van der Waals surface area (Å²) in [7, 11) is 0. The van der Waals surface area contributed by atoms with E-state index < -0.39 is 0 Å². The fourth-order valence-electron chi connectivity index (χ4n) is 3.96. The molecule has 0 atom stereocenters. The van der Waals surface area contributed by atoms with Crippen molar-refractivity contribution < 1.29 is 0 Å². The van der Waals surface area contributed by atoms with E-state index in [1.54, 1.807) is 0 Å². The van der Waals surface area contributed by atoms with Gasteiger partial charge < -0.3 is 4.98 Å². The minimum Gasteiger partial charge on any atom is -0.353 e. The normalized spacial score (nSPS) is 14.5. The summed E-state index contributed by atoms with van der Waals surface area (Å²) in [5, 5.41) is 5.61. The van der Waals surface area contributed by atoms with Crippen molar-refractivity contribution in [2.45, 2.75) is 0 Å². The Balaban J connectivity index is 2.04. The summed E-state index contributed by atoms with van der Waals surface area (Å²) >= 11 is 0. The van der Waals surface area contributed by atoms with Gasteiger partial charge in [0.2, 0.25) is 0 Å². The minimum atomic E-state index is -0.106. The molecule has 0 aliphatic heterocycles. The Morgan fingerprint density at radius 2 is 0.667 bits per heavy atom. The van der Waals surface area contributed by atoms with Crippen molar-refractivity contribution in [2.75, 3.05) is 0 Å². The second-order valence-electron chi connectivity index (χ2n) is 5.94. The van der Waals surface area contributed by atoms with Crippen molar-refractivity contribution >= 4 is 64.9 Å². The molecular weight excluding hydrogens is 270 g/mol. The molecule has 5 heteroatoms. The highest BCUT2D eigenvalue weighted by molar-refractivity contribution is 6.48. The van der Waals surface area contributed by atoms with E-state index in [2.05, 4.69) is 4.98 Å². The zero-order valence-electron chi connectivity index (χ0n) is 10.1. The standard InChI is InChI=1S/C16HNO4/c18-13-3-1-2-4-6(14(4)19)8-10(16(8)21)12(2)17-11(1)9-7(5(3)13)15(9)20/h17H. The van der Waals surface area contributed by atoms with Gasteiger partial charge in [-0.15, -0.1) is 0 Å². The lowest BCUT2D eigenvalue weighted by Crippen LogP contribution is -1.75. The van der Waals surface area contributed by atoms with Crippen LogP contribution in [0.1, 0.15) is 0 Å². The molecule has 0 fully saturated rings. The molecule has 21 heavy (non-hydrogen) atoms. The van der Waals surface area contributed by atoms with Crippen molar-refractivity contribution in [3.8, 4) is 0 Å². The molecule has 0 bridgehead atoms. The van der Waals surface area contributed by atoms with Gasteiger partial charge in [0, 0.05) is 43.1 Å². The molecule has 0 unspecified atom stereocenters. The van der Waals surface area contributed by atoms with E-state index in [0.29, 0.717) is 64.9 Å². The maximum atomic E-state index is 12.0. The summed E-state index contributed by atoms with van der Waals surface area (Å²) in [6.45, 7) is 0. The maximum Gasteiger partial charge on any atom is 0.197 e. The molecule has 1 heterocycles. The van der Waals surface area contributed by atoms with Crippen LogP contribution in [0.5, 0.6) is 0 Å². The molecular formula is C16HNO4. The van der Waals surface area contributed by atoms with Crippen LogP contribution < -0.4 is 21.7 Å². The van der Waals surface area contributed by atoms with Gasteiger partial charge in [0.05, 0.1) is 21.8 Å². The van der Waals surface area contributed by atoms with Gasteiger partial charge in [-0.2, -0.15) is 0 Å². The Morgan fingerprint density at radius 3 is 1.10 bits per heavy atom. The molecule has 94 valence electrons. The van der Waals surface area contributed by atoms with E-state index in [1.807, 2.05) is 0 Å². The molecule has 7 rings (SSSR count). The number of fused-ring (bicyclic) bond motifs is 13. The van der Waals surface area contributed by atoms with Crippen molar-refractivity contribution in [1.82, 2.24) is 4.98 Å². The van der Waals surface area contributed by atoms with Gasteiger partial charge >= 0.3 is 0 Å². The Hall–Kier alpha value is -3.08. The molecule has 0 saturated carbocycles. The van der Waals surface area contributed by atoms with Crippen LogP contribution in [0.3, 0.4) is 0 Å². The van der Waals surface area contributed by atoms with Crippen LogP contribution in [-0.2, 0) is 0 Å². The van der Waals surface area contributed by atoms with E-state index in [0.717, 1.165) is 0 Å². The van der Waals surface area contributed by atoms with Crippen LogP contribution in [0.2, 0.25) is 0 Å². The number of aromatic amines is 1. The van der Waals surface area contributed by atoms with Gasteiger partial charge in [0.25, 0.3) is 0 Å². The predicted octanol–water partition coefficient (Wildman–Crippen LogP) is 0.877. The number of rotatable bonds is 0. The molecule has 6 aromatic carbocycles. The summed E-state index contributed by atoms with van der Waals surface area (Å²) in [6, 6.07) is 0. The molecule has 0 amide bonds. The van der Waals surface area contributed by atoms with Gasteiger partial charge in [-0.1, -0.05) is 0 Å². The predicted molar refractivity (Wildman–Crippen MR) is 80.4 cm³/mol. The molecule has 0 radical (unpaired) electrons. The number of hydrogen-bond acceptors (Lipinski definition) is 4. The summed E-state index contributed by atoms with van der Waals surface area (Å²) < 4.78 is 0. The SMILES string of the molecule is O=c1c2c3[nH]c4c5c(=O)c5c5c(=O)c5c4c3c3c(=O)c3c12. The van der Waals surface area contributed by atoms with Crippen molar-refractivity contribution in [3.05, 3.63) is 40.9 Å². The van der Waals surface area contributed by atoms with E-state index >= 15 is 0 Å². The van der Waals surface area contributed by atoms with E-state index in [4.69, 9.17) is 0 Å². The summed E-state index contributed by atoms with van der Waals surface area (Å²) in [6.07, 6.45) is 0. The number of nitrogens with one attached hydrogen (secondary N) is 1.